The van der Waals surface area contributed by atoms with Crippen molar-refractivity contribution in [2.45, 2.75) is 70.5 Å². The summed E-state index contributed by atoms with van der Waals surface area (Å²) in [6, 6.07) is 0.922. The first-order valence-electron chi connectivity index (χ1n) is 10.9. The Kier molecular flexibility index (Phi) is 7.81. The van der Waals surface area contributed by atoms with E-state index in [1.807, 2.05) is 0 Å². The van der Waals surface area contributed by atoms with Crippen molar-refractivity contribution in [3.8, 4) is 5.75 Å². The van der Waals surface area contributed by atoms with Crippen molar-refractivity contribution in [3.63, 3.8) is 0 Å². The van der Waals surface area contributed by atoms with Crippen LogP contribution in [0, 0.1) is 0 Å². The molecule has 0 radical (unpaired) electrons. The number of rotatable bonds is 9. The fourth-order valence-corrected chi connectivity index (χ4v) is 5.08. The third kappa shape index (κ3) is 4.62. The van der Waals surface area contributed by atoms with Gasteiger partial charge >= 0.3 is 12.4 Å². The van der Waals surface area contributed by atoms with Crippen LogP contribution in [0.5, 0.6) is 5.75 Å². The molecule has 0 N–H and O–H groups in total. The summed E-state index contributed by atoms with van der Waals surface area (Å²) in [5.74, 6) is 0.0321. The van der Waals surface area contributed by atoms with Gasteiger partial charge in [-0.15, -0.1) is 0 Å². The van der Waals surface area contributed by atoms with E-state index in [0.29, 0.717) is 12.8 Å². The molecule has 190 valence electrons. The summed E-state index contributed by atoms with van der Waals surface area (Å²) in [5, 5.41) is -0.353. The second kappa shape index (κ2) is 9.96. The second-order valence-electron chi connectivity index (χ2n) is 8.14. The third-order valence-electron chi connectivity index (χ3n) is 5.82. The maximum atomic E-state index is 13.8. The van der Waals surface area contributed by atoms with Crippen LogP contribution in [0.4, 0.5) is 31.1 Å². The van der Waals surface area contributed by atoms with Gasteiger partial charge < -0.3 is 9.47 Å². The Bertz CT molecular complexity index is 917. The molecule has 1 aromatic rings. The molecule has 0 saturated carbocycles. The fourth-order valence-electron chi connectivity index (χ4n) is 4.33. The number of fused-ring (bicyclic) bond motifs is 1. The molecule has 2 aliphatic rings. The Morgan fingerprint density at radius 2 is 1.74 bits per heavy atom. The summed E-state index contributed by atoms with van der Waals surface area (Å²) in [5.41, 5.74) is -4.92. The van der Waals surface area contributed by atoms with E-state index in [2.05, 4.69) is 4.74 Å². The molecule has 2 heterocycles. The standard InChI is InChI=1S/C22H25F6NO4S/c1-3-6-13-10-16-15(11-33-20(16,21(23,24)25)22(26,27)28)14(7-4-2)18(13)32-9-5-8-29-17(30)12-34-19(29)31/h10H,3-9,11-12H2,1-2H3. The van der Waals surface area contributed by atoms with Crippen molar-refractivity contribution < 1.29 is 45.4 Å². The van der Waals surface area contributed by atoms with Gasteiger partial charge in [-0.1, -0.05) is 38.5 Å². The highest BCUT2D eigenvalue weighted by Crippen LogP contribution is 2.58. The Balaban J connectivity index is 1.98. The van der Waals surface area contributed by atoms with Crippen LogP contribution in [0.2, 0.25) is 0 Å². The van der Waals surface area contributed by atoms with Gasteiger partial charge in [0.25, 0.3) is 10.8 Å². The monoisotopic (exact) mass is 513 g/mol. The van der Waals surface area contributed by atoms with Crippen LogP contribution in [0.1, 0.15) is 55.4 Å². The van der Waals surface area contributed by atoms with Gasteiger partial charge in [-0.25, -0.2) is 0 Å². The van der Waals surface area contributed by atoms with E-state index in [1.165, 1.54) is 0 Å². The van der Waals surface area contributed by atoms with Crippen molar-refractivity contribution in [2.24, 2.45) is 0 Å². The van der Waals surface area contributed by atoms with E-state index in [0.717, 1.165) is 22.7 Å². The van der Waals surface area contributed by atoms with Crippen molar-refractivity contribution in [1.29, 1.82) is 0 Å². The Labute approximate surface area is 197 Å². The van der Waals surface area contributed by atoms with Gasteiger partial charge in [0.1, 0.15) is 5.75 Å². The molecule has 0 bridgehead atoms. The van der Waals surface area contributed by atoms with Crippen molar-refractivity contribution in [1.82, 2.24) is 4.90 Å². The molecule has 1 aromatic carbocycles. The van der Waals surface area contributed by atoms with Crippen molar-refractivity contribution in [2.75, 3.05) is 18.9 Å². The second-order valence-corrected chi connectivity index (χ2v) is 9.06. The fraction of sp³-hybridized carbons (Fsp3) is 0.636. The molecule has 0 aromatic heterocycles. The summed E-state index contributed by atoms with van der Waals surface area (Å²) in [7, 11) is 0. The smallest absolute Gasteiger partial charge is 0.430 e. The first-order chi connectivity index (χ1) is 15.9. The Morgan fingerprint density at radius 1 is 1.09 bits per heavy atom. The maximum Gasteiger partial charge on any atom is 0.430 e. The number of benzene rings is 1. The van der Waals surface area contributed by atoms with Gasteiger partial charge in [-0.05, 0) is 36.5 Å². The zero-order valence-electron chi connectivity index (χ0n) is 18.7. The van der Waals surface area contributed by atoms with E-state index in [4.69, 9.17) is 4.74 Å². The summed E-state index contributed by atoms with van der Waals surface area (Å²) >= 11 is 0.902. The van der Waals surface area contributed by atoms with E-state index >= 15 is 0 Å². The van der Waals surface area contributed by atoms with Crippen LogP contribution in [-0.2, 0) is 34.6 Å². The molecule has 3 rings (SSSR count). The number of alkyl halides is 6. The zero-order chi connectivity index (χ0) is 25.3. The lowest BCUT2D eigenvalue weighted by atomic mass is 9.84. The summed E-state index contributed by atoms with van der Waals surface area (Å²) < 4.78 is 93.5. The number of imide groups is 1. The van der Waals surface area contributed by atoms with Crippen LogP contribution in [0.25, 0.3) is 0 Å². The lowest BCUT2D eigenvalue weighted by molar-refractivity contribution is -0.385. The number of nitrogens with zero attached hydrogens (tertiary/aromatic N) is 1. The van der Waals surface area contributed by atoms with Crippen LogP contribution in [0.15, 0.2) is 6.07 Å². The molecule has 34 heavy (non-hydrogen) atoms. The summed E-state index contributed by atoms with van der Waals surface area (Å²) in [6.45, 7) is 2.85. The average Bonchev–Trinajstić information content (AvgIpc) is 3.28. The van der Waals surface area contributed by atoms with Gasteiger partial charge in [0.15, 0.2) is 0 Å². The van der Waals surface area contributed by atoms with Crippen LogP contribution >= 0.6 is 11.8 Å². The van der Waals surface area contributed by atoms with Gasteiger partial charge in [0.05, 0.1) is 19.0 Å². The highest BCUT2D eigenvalue weighted by atomic mass is 32.2. The summed E-state index contributed by atoms with van der Waals surface area (Å²) in [6.07, 6.45) is -9.75. The molecule has 5 nitrogen and oxygen atoms in total. The van der Waals surface area contributed by atoms with E-state index in [9.17, 15) is 35.9 Å². The molecular formula is C22H25F6NO4S. The number of hydrogen-bond acceptors (Lipinski definition) is 5. The van der Waals surface area contributed by atoms with E-state index < -0.39 is 30.1 Å². The van der Waals surface area contributed by atoms with Gasteiger partial charge in [-0.3, -0.25) is 14.5 Å². The highest BCUT2D eigenvalue weighted by Gasteiger charge is 2.75. The molecule has 12 heteroatoms. The normalized spacial score (nSPS) is 18.1. The molecule has 0 atom stereocenters. The predicted octanol–water partition coefficient (Wildman–Crippen LogP) is 5.91. The minimum atomic E-state index is -5.70. The lowest BCUT2D eigenvalue weighted by Gasteiger charge is -2.34. The van der Waals surface area contributed by atoms with Crippen LogP contribution in [-0.4, -0.2) is 47.3 Å². The number of amides is 2. The Hall–Kier alpha value is -1.95. The van der Waals surface area contributed by atoms with E-state index in [1.54, 1.807) is 13.8 Å². The van der Waals surface area contributed by atoms with Gasteiger partial charge in [-0.2, -0.15) is 26.3 Å². The summed E-state index contributed by atoms with van der Waals surface area (Å²) in [4.78, 5) is 24.5. The first kappa shape index (κ1) is 26.7. The molecule has 2 amide bonds. The first-order valence-corrected chi connectivity index (χ1v) is 11.9. The minimum absolute atomic E-state index is 0.0402. The molecule has 1 fully saturated rings. The number of halogens is 6. The van der Waals surface area contributed by atoms with E-state index in [-0.39, 0.29) is 71.8 Å². The number of ether oxygens (including phenoxy) is 2. The van der Waals surface area contributed by atoms with Gasteiger partial charge in [0, 0.05) is 17.7 Å². The third-order valence-corrected chi connectivity index (χ3v) is 6.68. The molecule has 0 spiro atoms. The SMILES string of the molecule is CCCc1cc2c(c(CCC)c1OCCCN1C(=O)CSC1=O)COC2(C(F)(F)F)C(F)(F)F. The number of thioether (sulfide) groups is 1. The molecule has 0 unspecified atom stereocenters. The van der Waals surface area contributed by atoms with Crippen molar-refractivity contribution >= 4 is 22.9 Å². The molecule has 0 aliphatic carbocycles. The minimum Gasteiger partial charge on any atom is -0.493 e. The largest absolute Gasteiger partial charge is 0.493 e. The molecular weight excluding hydrogens is 488 g/mol. The molecule has 2 aliphatic heterocycles. The predicted molar refractivity (Wildman–Crippen MR) is 113 cm³/mol. The van der Waals surface area contributed by atoms with Crippen LogP contribution in [0.3, 0.4) is 0 Å². The highest BCUT2D eigenvalue weighted by molar-refractivity contribution is 8.14. The number of hydrogen-bond donors (Lipinski definition) is 0. The number of carbonyl (C=O) groups is 2. The number of aryl methyl sites for hydroxylation is 1. The Morgan fingerprint density at radius 3 is 2.26 bits per heavy atom. The van der Waals surface area contributed by atoms with Crippen molar-refractivity contribution in [3.05, 3.63) is 28.3 Å². The quantitative estimate of drug-likeness (QED) is 0.304. The van der Waals surface area contributed by atoms with Gasteiger partial charge in [0.2, 0.25) is 5.91 Å². The maximum absolute atomic E-state index is 13.8. The average molecular weight is 514 g/mol. The number of carbonyl (C=O) groups excluding carboxylic acids is 2. The molecule has 1 saturated heterocycles. The zero-order valence-corrected chi connectivity index (χ0v) is 19.5. The lowest BCUT2D eigenvalue weighted by Crippen LogP contribution is -2.53. The topological polar surface area (TPSA) is 55.8 Å². The van der Waals surface area contributed by atoms with Crippen LogP contribution < -0.4 is 4.74 Å².